The fourth-order valence-corrected chi connectivity index (χ4v) is 3.28. The van der Waals surface area contributed by atoms with Crippen LogP contribution in [0.3, 0.4) is 0 Å². The summed E-state index contributed by atoms with van der Waals surface area (Å²) < 4.78 is 5.77. The van der Waals surface area contributed by atoms with E-state index in [-0.39, 0.29) is 11.5 Å². The van der Waals surface area contributed by atoms with Crippen molar-refractivity contribution >= 4 is 0 Å². The molecule has 0 saturated carbocycles. The van der Waals surface area contributed by atoms with Gasteiger partial charge in [-0.2, -0.15) is 0 Å². The molecule has 4 heteroatoms. The molecule has 0 spiro atoms. The van der Waals surface area contributed by atoms with Crippen LogP contribution < -0.4 is 0 Å². The minimum atomic E-state index is 0.203. The summed E-state index contributed by atoms with van der Waals surface area (Å²) in [5, 5.41) is 23.8. The Bertz CT molecular complexity index is 1070. The lowest BCUT2D eigenvalue weighted by Crippen LogP contribution is -1.90. The zero-order valence-corrected chi connectivity index (χ0v) is 14.9. The molecule has 1 heterocycles. The predicted molar refractivity (Wildman–Crippen MR) is 106 cm³/mol. The smallest absolute Gasteiger partial charge is 0.171 e. The van der Waals surface area contributed by atoms with Crippen LogP contribution in [0.25, 0.3) is 33.7 Å². The first-order valence-electron chi connectivity index (χ1n) is 8.84. The van der Waals surface area contributed by atoms with Crippen molar-refractivity contribution < 1.29 is 14.7 Å². The Hall–Kier alpha value is -3.53. The van der Waals surface area contributed by atoms with E-state index in [4.69, 9.17) is 4.52 Å². The molecule has 0 bridgehead atoms. The number of nitrogens with zero attached hydrogens (tertiary/aromatic N) is 1. The standard InChI is InChI=1S/C23H19NO3/c1-2-19-22(16-8-10-17(25)11-9-16)24-27-23(19)20-13-12-18(26)14-21(20)15-6-4-3-5-7-15/h3-14,25-26H,2H2,1H3. The summed E-state index contributed by atoms with van der Waals surface area (Å²) in [5.41, 5.74) is 5.41. The molecule has 3 aromatic carbocycles. The van der Waals surface area contributed by atoms with E-state index >= 15 is 0 Å². The summed E-state index contributed by atoms with van der Waals surface area (Å²) in [6, 6.07) is 22.1. The summed E-state index contributed by atoms with van der Waals surface area (Å²) in [6.07, 6.45) is 0.740. The quantitative estimate of drug-likeness (QED) is 0.495. The van der Waals surface area contributed by atoms with Crippen molar-refractivity contribution in [1.29, 1.82) is 0 Å². The van der Waals surface area contributed by atoms with Crippen LogP contribution in [0.2, 0.25) is 0 Å². The van der Waals surface area contributed by atoms with E-state index in [1.165, 1.54) is 0 Å². The monoisotopic (exact) mass is 357 g/mol. The summed E-state index contributed by atoms with van der Waals surface area (Å²) in [7, 11) is 0. The third-order valence-electron chi connectivity index (χ3n) is 4.62. The molecule has 0 aliphatic heterocycles. The van der Waals surface area contributed by atoms with Crippen LogP contribution in [0.1, 0.15) is 12.5 Å². The summed E-state index contributed by atoms with van der Waals surface area (Å²) in [6.45, 7) is 2.06. The lowest BCUT2D eigenvalue weighted by molar-refractivity contribution is 0.434. The Morgan fingerprint density at radius 3 is 2.19 bits per heavy atom. The highest BCUT2D eigenvalue weighted by Gasteiger charge is 2.20. The highest BCUT2D eigenvalue weighted by Crippen LogP contribution is 2.39. The fraction of sp³-hybridized carbons (Fsp3) is 0.0870. The lowest BCUT2D eigenvalue weighted by atomic mass is 9.94. The van der Waals surface area contributed by atoms with Crippen molar-refractivity contribution in [3.05, 3.63) is 78.4 Å². The Morgan fingerprint density at radius 2 is 1.48 bits per heavy atom. The largest absolute Gasteiger partial charge is 0.508 e. The fourth-order valence-electron chi connectivity index (χ4n) is 3.28. The molecular formula is C23H19NO3. The highest BCUT2D eigenvalue weighted by molar-refractivity contribution is 5.85. The molecule has 4 nitrogen and oxygen atoms in total. The normalized spacial score (nSPS) is 10.9. The second-order valence-corrected chi connectivity index (χ2v) is 6.34. The van der Waals surface area contributed by atoms with Gasteiger partial charge in [0.25, 0.3) is 0 Å². The maximum Gasteiger partial charge on any atom is 0.171 e. The van der Waals surface area contributed by atoms with Crippen LogP contribution in [-0.2, 0) is 6.42 Å². The van der Waals surface area contributed by atoms with Crippen LogP contribution in [0.5, 0.6) is 11.5 Å². The van der Waals surface area contributed by atoms with Crippen molar-refractivity contribution in [3.63, 3.8) is 0 Å². The topological polar surface area (TPSA) is 66.5 Å². The van der Waals surface area contributed by atoms with E-state index in [0.717, 1.165) is 39.9 Å². The maximum absolute atomic E-state index is 10.0. The first-order chi connectivity index (χ1) is 13.2. The van der Waals surface area contributed by atoms with Gasteiger partial charge in [-0.3, -0.25) is 0 Å². The third kappa shape index (κ3) is 3.17. The number of rotatable bonds is 4. The molecule has 4 aromatic rings. The van der Waals surface area contributed by atoms with E-state index in [1.807, 2.05) is 48.5 Å². The SMILES string of the molecule is CCc1c(-c2ccc(O)cc2)noc1-c1ccc(O)cc1-c1ccccc1. The molecule has 0 fully saturated rings. The van der Waals surface area contributed by atoms with Gasteiger partial charge in [-0.15, -0.1) is 0 Å². The Kier molecular flexibility index (Phi) is 4.38. The van der Waals surface area contributed by atoms with Gasteiger partial charge in [-0.1, -0.05) is 42.4 Å². The molecule has 0 unspecified atom stereocenters. The zero-order valence-electron chi connectivity index (χ0n) is 14.9. The van der Waals surface area contributed by atoms with Crippen molar-refractivity contribution in [3.8, 4) is 45.2 Å². The predicted octanol–water partition coefficient (Wildman–Crippen LogP) is 5.65. The van der Waals surface area contributed by atoms with Crippen LogP contribution in [0, 0.1) is 0 Å². The van der Waals surface area contributed by atoms with E-state index in [2.05, 4.69) is 12.1 Å². The zero-order chi connectivity index (χ0) is 18.8. The van der Waals surface area contributed by atoms with Crippen molar-refractivity contribution in [1.82, 2.24) is 5.16 Å². The lowest BCUT2D eigenvalue weighted by Gasteiger charge is -2.10. The van der Waals surface area contributed by atoms with Crippen LogP contribution in [0.4, 0.5) is 0 Å². The minimum Gasteiger partial charge on any atom is -0.508 e. The maximum atomic E-state index is 10.0. The molecule has 134 valence electrons. The van der Waals surface area contributed by atoms with Gasteiger partial charge in [0.1, 0.15) is 17.2 Å². The van der Waals surface area contributed by atoms with Gasteiger partial charge < -0.3 is 14.7 Å². The molecule has 0 saturated heterocycles. The van der Waals surface area contributed by atoms with Gasteiger partial charge in [0.2, 0.25) is 0 Å². The van der Waals surface area contributed by atoms with E-state index in [0.29, 0.717) is 5.76 Å². The van der Waals surface area contributed by atoms with Gasteiger partial charge in [0, 0.05) is 16.7 Å². The number of hydrogen-bond acceptors (Lipinski definition) is 4. The van der Waals surface area contributed by atoms with Gasteiger partial charge in [-0.05, 0) is 60.0 Å². The molecule has 27 heavy (non-hydrogen) atoms. The number of hydrogen-bond donors (Lipinski definition) is 2. The van der Waals surface area contributed by atoms with Gasteiger partial charge in [-0.25, -0.2) is 0 Å². The second kappa shape index (κ2) is 7.00. The molecule has 2 N–H and O–H groups in total. The average Bonchev–Trinajstić information content (AvgIpc) is 3.13. The molecular weight excluding hydrogens is 338 g/mol. The molecule has 0 radical (unpaired) electrons. The Labute approximate surface area is 157 Å². The van der Waals surface area contributed by atoms with Crippen LogP contribution >= 0.6 is 0 Å². The van der Waals surface area contributed by atoms with E-state index < -0.39 is 0 Å². The highest BCUT2D eigenvalue weighted by atomic mass is 16.5. The van der Waals surface area contributed by atoms with Crippen LogP contribution in [-0.4, -0.2) is 15.4 Å². The van der Waals surface area contributed by atoms with E-state index in [9.17, 15) is 10.2 Å². The minimum absolute atomic E-state index is 0.203. The summed E-state index contributed by atoms with van der Waals surface area (Å²) >= 11 is 0. The molecule has 0 atom stereocenters. The number of benzene rings is 3. The van der Waals surface area contributed by atoms with Crippen molar-refractivity contribution in [2.45, 2.75) is 13.3 Å². The van der Waals surface area contributed by atoms with Crippen molar-refractivity contribution in [2.75, 3.05) is 0 Å². The summed E-state index contributed by atoms with van der Waals surface area (Å²) in [5.74, 6) is 1.11. The van der Waals surface area contributed by atoms with Gasteiger partial charge >= 0.3 is 0 Å². The number of aromatic hydroxyl groups is 2. The molecule has 4 rings (SSSR count). The third-order valence-corrected chi connectivity index (χ3v) is 4.62. The van der Waals surface area contributed by atoms with Crippen molar-refractivity contribution in [2.24, 2.45) is 0 Å². The average molecular weight is 357 g/mol. The second-order valence-electron chi connectivity index (χ2n) is 6.34. The summed E-state index contributed by atoms with van der Waals surface area (Å²) in [4.78, 5) is 0. The number of aromatic nitrogens is 1. The van der Waals surface area contributed by atoms with Crippen LogP contribution in [0.15, 0.2) is 77.3 Å². The molecule has 1 aromatic heterocycles. The molecule has 0 aliphatic carbocycles. The Morgan fingerprint density at radius 1 is 0.778 bits per heavy atom. The first kappa shape index (κ1) is 16.9. The number of phenolic OH excluding ortho intramolecular Hbond substituents is 2. The number of phenols is 2. The molecule has 0 amide bonds. The Balaban J connectivity index is 1.89. The first-order valence-corrected chi connectivity index (χ1v) is 8.84. The van der Waals surface area contributed by atoms with E-state index in [1.54, 1.807) is 24.3 Å². The van der Waals surface area contributed by atoms with Gasteiger partial charge in [0.15, 0.2) is 5.76 Å². The molecule has 0 aliphatic rings. The van der Waals surface area contributed by atoms with Gasteiger partial charge in [0.05, 0.1) is 0 Å².